The molecule has 0 radical (unpaired) electrons. The fraction of sp³-hybridized carbons (Fsp3) is 0.333. The number of nitrogen functional groups attached to an aromatic ring is 1. The fourth-order valence-electron chi connectivity index (χ4n) is 2.14. The third-order valence-electron chi connectivity index (χ3n) is 3.57. The van der Waals surface area contributed by atoms with Crippen LogP contribution < -0.4 is 5.73 Å². The van der Waals surface area contributed by atoms with E-state index in [1.54, 1.807) is 31.5 Å². The molecule has 0 aliphatic carbocycles. The number of nitrogens with zero attached hydrogens (tertiary/aromatic N) is 1. The molecule has 0 unspecified atom stereocenters. The number of rotatable bonds is 5. The largest absolute Gasteiger partial charge is 0.469 e. The second-order valence-corrected chi connectivity index (χ2v) is 7.02. The molecule has 0 spiro atoms. The maximum Gasteiger partial charge on any atom is 0.243 e. The Kier molecular flexibility index (Phi) is 4.39. The van der Waals surface area contributed by atoms with Crippen molar-refractivity contribution in [3.8, 4) is 0 Å². The predicted molar refractivity (Wildman–Crippen MR) is 82.3 cm³/mol. The first kappa shape index (κ1) is 15.6. The fourth-order valence-corrected chi connectivity index (χ4v) is 3.32. The number of furan rings is 1. The van der Waals surface area contributed by atoms with Crippen LogP contribution in [-0.2, 0) is 23.0 Å². The molecule has 0 saturated heterocycles. The molecule has 2 N–H and O–H groups in total. The zero-order valence-corrected chi connectivity index (χ0v) is 13.3. The van der Waals surface area contributed by atoms with Gasteiger partial charge >= 0.3 is 0 Å². The van der Waals surface area contributed by atoms with Crippen molar-refractivity contribution in [2.24, 2.45) is 0 Å². The third kappa shape index (κ3) is 3.11. The van der Waals surface area contributed by atoms with Gasteiger partial charge in [0.2, 0.25) is 10.0 Å². The smallest absolute Gasteiger partial charge is 0.243 e. The Hall–Kier alpha value is -1.79. The summed E-state index contributed by atoms with van der Waals surface area (Å²) in [6, 6.07) is 6.66. The van der Waals surface area contributed by atoms with Gasteiger partial charge in [-0.1, -0.05) is 13.0 Å². The van der Waals surface area contributed by atoms with Crippen LogP contribution in [0.5, 0.6) is 0 Å². The summed E-state index contributed by atoms with van der Waals surface area (Å²) in [7, 11) is -2.02. The van der Waals surface area contributed by atoms with Gasteiger partial charge in [0.25, 0.3) is 0 Å². The Labute approximate surface area is 125 Å². The van der Waals surface area contributed by atoms with Gasteiger partial charge in [0.15, 0.2) is 0 Å². The molecular weight excluding hydrogens is 288 g/mol. The number of hydrogen-bond acceptors (Lipinski definition) is 4. The van der Waals surface area contributed by atoms with Crippen molar-refractivity contribution in [1.29, 1.82) is 0 Å². The van der Waals surface area contributed by atoms with E-state index in [0.29, 0.717) is 5.69 Å². The molecule has 21 heavy (non-hydrogen) atoms. The number of nitrogens with two attached hydrogens (primary N) is 1. The molecule has 0 aliphatic rings. The van der Waals surface area contributed by atoms with E-state index >= 15 is 0 Å². The minimum absolute atomic E-state index is 0.209. The summed E-state index contributed by atoms with van der Waals surface area (Å²) in [6.45, 7) is 4.05. The Morgan fingerprint density at radius 1 is 1.24 bits per heavy atom. The highest BCUT2D eigenvalue weighted by atomic mass is 32.2. The summed E-state index contributed by atoms with van der Waals surface area (Å²) in [5.74, 6) is 0.720. The molecule has 2 aromatic rings. The van der Waals surface area contributed by atoms with E-state index in [0.717, 1.165) is 23.3 Å². The molecule has 6 heteroatoms. The lowest BCUT2D eigenvalue weighted by molar-refractivity contribution is 0.459. The summed E-state index contributed by atoms with van der Waals surface area (Å²) >= 11 is 0. The zero-order chi connectivity index (χ0) is 15.6. The lowest BCUT2D eigenvalue weighted by Crippen LogP contribution is -2.26. The maximum atomic E-state index is 12.6. The summed E-state index contributed by atoms with van der Waals surface area (Å²) in [5, 5.41) is 0. The molecule has 114 valence electrons. The number of anilines is 1. The van der Waals surface area contributed by atoms with Crippen molar-refractivity contribution in [3.63, 3.8) is 0 Å². The van der Waals surface area contributed by atoms with E-state index in [1.807, 2.05) is 13.8 Å². The van der Waals surface area contributed by atoms with E-state index in [-0.39, 0.29) is 11.4 Å². The zero-order valence-electron chi connectivity index (χ0n) is 12.5. The normalized spacial score (nSPS) is 12.0. The molecular formula is C15H20N2O3S. The quantitative estimate of drug-likeness (QED) is 0.861. The molecule has 5 nitrogen and oxygen atoms in total. The standard InChI is InChI=1S/C15H20N2O3S/c1-4-12-5-6-14(9-15(12)16)21(18,19)17(3)10-13-7-8-20-11(13)2/h5-9H,4,10,16H2,1-3H3. The van der Waals surface area contributed by atoms with E-state index in [1.165, 1.54) is 10.4 Å². The highest BCUT2D eigenvalue weighted by Gasteiger charge is 2.22. The number of aryl methyl sites for hydroxylation is 2. The first-order valence-electron chi connectivity index (χ1n) is 6.74. The van der Waals surface area contributed by atoms with Gasteiger partial charge in [-0.2, -0.15) is 4.31 Å². The van der Waals surface area contributed by atoms with E-state index < -0.39 is 10.0 Å². The lowest BCUT2D eigenvalue weighted by Gasteiger charge is -2.17. The SMILES string of the molecule is CCc1ccc(S(=O)(=O)N(C)Cc2ccoc2C)cc1N. The number of benzene rings is 1. The molecule has 0 aliphatic heterocycles. The van der Waals surface area contributed by atoms with E-state index in [9.17, 15) is 8.42 Å². The molecule has 0 amide bonds. The van der Waals surface area contributed by atoms with Crippen LogP contribution in [0, 0.1) is 6.92 Å². The van der Waals surface area contributed by atoms with Gasteiger partial charge < -0.3 is 10.2 Å². The predicted octanol–water partition coefficient (Wildman–Crippen LogP) is 2.55. The van der Waals surface area contributed by atoms with Gasteiger partial charge in [-0.3, -0.25) is 0 Å². The summed E-state index contributed by atoms with van der Waals surface area (Å²) < 4.78 is 31.6. The average molecular weight is 308 g/mol. The van der Waals surface area contributed by atoms with Crippen molar-refractivity contribution in [3.05, 3.63) is 47.4 Å². The molecule has 1 heterocycles. The first-order valence-corrected chi connectivity index (χ1v) is 8.18. The summed E-state index contributed by atoms with van der Waals surface area (Å²) in [5.41, 5.74) is 8.19. The number of sulfonamides is 1. The van der Waals surface area contributed by atoms with Gasteiger partial charge in [-0.25, -0.2) is 8.42 Å². The van der Waals surface area contributed by atoms with Crippen LogP contribution in [0.25, 0.3) is 0 Å². The highest BCUT2D eigenvalue weighted by Crippen LogP contribution is 2.23. The first-order chi connectivity index (χ1) is 9.86. The van der Waals surface area contributed by atoms with Crippen molar-refractivity contribution in [2.75, 3.05) is 12.8 Å². The van der Waals surface area contributed by atoms with Crippen LogP contribution in [-0.4, -0.2) is 19.8 Å². The van der Waals surface area contributed by atoms with Gasteiger partial charge in [-0.05, 0) is 37.1 Å². The molecule has 0 saturated carbocycles. The molecule has 0 atom stereocenters. The van der Waals surface area contributed by atoms with E-state index in [2.05, 4.69) is 0 Å². The molecule has 2 rings (SSSR count). The van der Waals surface area contributed by atoms with Crippen molar-refractivity contribution in [2.45, 2.75) is 31.7 Å². The van der Waals surface area contributed by atoms with Crippen LogP contribution in [0.1, 0.15) is 23.8 Å². The van der Waals surface area contributed by atoms with Gasteiger partial charge in [0.05, 0.1) is 11.2 Å². The van der Waals surface area contributed by atoms with Crippen LogP contribution >= 0.6 is 0 Å². The Balaban J connectivity index is 2.29. The topological polar surface area (TPSA) is 76.5 Å². The van der Waals surface area contributed by atoms with Crippen LogP contribution in [0.15, 0.2) is 39.8 Å². The second kappa shape index (κ2) is 5.91. The maximum absolute atomic E-state index is 12.6. The van der Waals surface area contributed by atoms with Crippen molar-refractivity contribution in [1.82, 2.24) is 4.31 Å². The summed E-state index contributed by atoms with van der Waals surface area (Å²) in [4.78, 5) is 0.209. The third-order valence-corrected chi connectivity index (χ3v) is 5.37. The number of hydrogen-bond donors (Lipinski definition) is 1. The van der Waals surface area contributed by atoms with Crippen molar-refractivity contribution < 1.29 is 12.8 Å². The Morgan fingerprint density at radius 3 is 2.48 bits per heavy atom. The van der Waals surface area contributed by atoms with Crippen molar-refractivity contribution >= 4 is 15.7 Å². The average Bonchev–Trinajstić information content (AvgIpc) is 2.84. The molecule has 0 fully saturated rings. The second-order valence-electron chi connectivity index (χ2n) is 4.98. The highest BCUT2D eigenvalue weighted by molar-refractivity contribution is 7.89. The van der Waals surface area contributed by atoms with Crippen LogP contribution in [0.4, 0.5) is 5.69 Å². The van der Waals surface area contributed by atoms with Gasteiger partial charge in [0, 0.05) is 24.8 Å². The molecule has 1 aromatic heterocycles. The van der Waals surface area contributed by atoms with Crippen LogP contribution in [0.2, 0.25) is 0 Å². The lowest BCUT2D eigenvalue weighted by atomic mass is 10.1. The Morgan fingerprint density at radius 2 is 1.95 bits per heavy atom. The Bertz CT molecular complexity index is 735. The van der Waals surface area contributed by atoms with Gasteiger partial charge in [0.1, 0.15) is 5.76 Å². The van der Waals surface area contributed by atoms with E-state index in [4.69, 9.17) is 10.2 Å². The summed E-state index contributed by atoms with van der Waals surface area (Å²) in [6.07, 6.45) is 2.33. The minimum atomic E-state index is -3.57. The van der Waals surface area contributed by atoms with Gasteiger partial charge in [-0.15, -0.1) is 0 Å². The molecule has 0 bridgehead atoms. The van der Waals surface area contributed by atoms with Crippen LogP contribution in [0.3, 0.4) is 0 Å². The minimum Gasteiger partial charge on any atom is -0.469 e. The monoisotopic (exact) mass is 308 g/mol. The molecule has 1 aromatic carbocycles.